The number of aromatic nitrogens is 4. The van der Waals surface area contributed by atoms with E-state index in [1.165, 1.54) is 0 Å². The first kappa shape index (κ1) is 10.3. The van der Waals surface area contributed by atoms with Crippen molar-refractivity contribution in [2.45, 2.75) is 13.3 Å². The van der Waals surface area contributed by atoms with Crippen molar-refractivity contribution in [1.29, 1.82) is 0 Å². The van der Waals surface area contributed by atoms with E-state index in [1.807, 2.05) is 32.3 Å². The van der Waals surface area contributed by atoms with Gasteiger partial charge in [0.15, 0.2) is 0 Å². The zero-order valence-corrected chi connectivity index (χ0v) is 10.2. The molecule has 2 aromatic heterocycles. The third-order valence-corrected chi connectivity index (χ3v) is 2.58. The monoisotopic (exact) mass is 266 g/mol. The van der Waals surface area contributed by atoms with Gasteiger partial charge in [0.1, 0.15) is 16.3 Å². The Kier molecular flexibility index (Phi) is 2.81. The largest absolute Gasteiger partial charge is 0.253 e. The van der Waals surface area contributed by atoms with Crippen LogP contribution in [-0.4, -0.2) is 19.7 Å². The first-order chi connectivity index (χ1) is 7.15. The van der Waals surface area contributed by atoms with Crippen LogP contribution in [0.25, 0.3) is 0 Å². The van der Waals surface area contributed by atoms with Gasteiger partial charge in [-0.3, -0.25) is 4.68 Å². The summed E-state index contributed by atoms with van der Waals surface area (Å²) >= 11 is 3.31. The van der Waals surface area contributed by atoms with Crippen LogP contribution in [0, 0.1) is 6.92 Å². The minimum absolute atomic E-state index is 0.762. The molecule has 2 heterocycles. The Bertz CT molecular complexity index is 461. The third kappa shape index (κ3) is 2.41. The molecule has 4 nitrogen and oxygen atoms in total. The molecule has 0 atom stereocenters. The molecule has 0 aromatic carbocycles. The second-order valence-corrected chi connectivity index (χ2v) is 4.18. The average molecular weight is 267 g/mol. The van der Waals surface area contributed by atoms with Gasteiger partial charge in [0.2, 0.25) is 0 Å². The Morgan fingerprint density at radius 1 is 1.40 bits per heavy atom. The summed E-state index contributed by atoms with van der Waals surface area (Å²) in [6.07, 6.45) is 2.60. The summed E-state index contributed by atoms with van der Waals surface area (Å²) in [5.74, 6) is 1.76. The Hall–Kier alpha value is -1.23. The van der Waals surface area contributed by atoms with E-state index in [1.54, 1.807) is 4.68 Å². The SMILES string of the molecule is Cc1nc(Cc2ccc(Br)nc2)n(C)n1. The quantitative estimate of drug-likeness (QED) is 0.780. The molecule has 0 fully saturated rings. The van der Waals surface area contributed by atoms with Gasteiger partial charge >= 0.3 is 0 Å². The van der Waals surface area contributed by atoms with Crippen LogP contribution in [0.15, 0.2) is 22.9 Å². The lowest BCUT2D eigenvalue weighted by Crippen LogP contribution is -2.00. The van der Waals surface area contributed by atoms with Crippen LogP contribution < -0.4 is 0 Å². The van der Waals surface area contributed by atoms with E-state index in [0.717, 1.165) is 28.2 Å². The van der Waals surface area contributed by atoms with E-state index >= 15 is 0 Å². The first-order valence-corrected chi connectivity index (χ1v) is 5.41. The van der Waals surface area contributed by atoms with Crippen LogP contribution in [0.3, 0.4) is 0 Å². The lowest BCUT2D eigenvalue weighted by atomic mass is 10.2. The Morgan fingerprint density at radius 2 is 2.20 bits per heavy atom. The fraction of sp³-hybridized carbons (Fsp3) is 0.300. The predicted molar refractivity (Wildman–Crippen MR) is 60.5 cm³/mol. The van der Waals surface area contributed by atoms with Crippen LogP contribution in [0.2, 0.25) is 0 Å². The molecule has 0 unspecified atom stereocenters. The summed E-state index contributed by atoms with van der Waals surface area (Å²) in [5, 5.41) is 4.20. The van der Waals surface area contributed by atoms with Gasteiger partial charge in [-0.2, -0.15) is 5.10 Å². The molecule has 0 aliphatic heterocycles. The van der Waals surface area contributed by atoms with E-state index < -0.39 is 0 Å². The van der Waals surface area contributed by atoms with Crippen molar-refractivity contribution in [3.8, 4) is 0 Å². The summed E-state index contributed by atoms with van der Waals surface area (Å²) in [6, 6.07) is 3.96. The molecule has 0 aliphatic carbocycles. The molecule has 15 heavy (non-hydrogen) atoms. The Labute approximate surface area is 96.5 Å². The highest BCUT2D eigenvalue weighted by Gasteiger charge is 2.04. The number of nitrogens with zero attached hydrogens (tertiary/aromatic N) is 4. The van der Waals surface area contributed by atoms with Gasteiger partial charge in [0.25, 0.3) is 0 Å². The van der Waals surface area contributed by atoms with Gasteiger partial charge < -0.3 is 0 Å². The summed E-state index contributed by atoms with van der Waals surface area (Å²) in [4.78, 5) is 8.51. The van der Waals surface area contributed by atoms with E-state index in [9.17, 15) is 0 Å². The summed E-state index contributed by atoms with van der Waals surface area (Å²) in [6.45, 7) is 1.89. The van der Waals surface area contributed by atoms with Crippen molar-refractivity contribution in [1.82, 2.24) is 19.7 Å². The molecule has 0 saturated carbocycles. The van der Waals surface area contributed by atoms with E-state index in [2.05, 4.69) is 31.0 Å². The van der Waals surface area contributed by atoms with Crippen molar-refractivity contribution < 1.29 is 0 Å². The second-order valence-electron chi connectivity index (χ2n) is 3.36. The van der Waals surface area contributed by atoms with E-state index in [4.69, 9.17) is 0 Å². The topological polar surface area (TPSA) is 43.6 Å². The standard InChI is InChI=1S/C10H11BrN4/c1-7-13-10(15(2)14-7)5-8-3-4-9(11)12-6-8/h3-4,6H,5H2,1-2H3. The van der Waals surface area contributed by atoms with Gasteiger partial charge in [0.05, 0.1) is 0 Å². The molecule has 0 N–H and O–H groups in total. The minimum Gasteiger partial charge on any atom is -0.253 e. The lowest BCUT2D eigenvalue weighted by molar-refractivity contribution is 0.711. The predicted octanol–water partition coefficient (Wildman–Crippen LogP) is 1.87. The van der Waals surface area contributed by atoms with Crippen molar-refractivity contribution in [2.24, 2.45) is 7.05 Å². The highest BCUT2D eigenvalue weighted by atomic mass is 79.9. The third-order valence-electron chi connectivity index (χ3n) is 2.11. The van der Waals surface area contributed by atoms with Crippen LogP contribution in [-0.2, 0) is 13.5 Å². The van der Waals surface area contributed by atoms with Crippen LogP contribution in [0.1, 0.15) is 17.2 Å². The maximum absolute atomic E-state index is 4.34. The fourth-order valence-electron chi connectivity index (χ4n) is 1.40. The maximum atomic E-state index is 4.34. The Balaban J connectivity index is 2.21. The number of rotatable bonds is 2. The van der Waals surface area contributed by atoms with E-state index in [-0.39, 0.29) is 0 Å². The molecule has 5 heteroatoms. The van der Waals surface area contributed by atoms with Gasteiger partial charge in [-0.15, -0.1) is 0 Å². The summed E-state index contributed by atoms with van der Waals surface area (Å²) in [7, 11) is 1.90. The number of hydrogen-bond acceptors (Lipinski definition) is 3. The van der Waals surface area contributed by atoms with Crippen molar-refractivity contribution >= 4 is 15.9 Å². The van der Waals surface area contributed by atoms with Gasteiger partial charge in [-0.25, -0.2) is 9.97 Å². The van der Waals surface area contributed by atoms with Crippen LogP contribution >= 0.6 is 15.9 Å². The second kappa shape index (κ2) is 4.10. The number of halogens is 1. The molecule has 78 valence electrons. The van der Waals surface area contributed by atoms with Gasteiger partial charge in [-0.05, 0) is 34.5 Å². The average Bonchev–Trinajstić information content (AvgIpc) is 2.49. The number of hydrogen-bond donors (Lipinski definition) is 0. The number of pyridine rings is 1. The fourth-order valence-corrected chi connectivity index (χ4v) is 1.64. The molecule has 0 radical (unpaired) electrons. The smallest absolute Gasteiger partial charge is 0.147 e. The highest BCUT2D eigenvalue weighted by Crippen LogP contribution is 2.09. The van der Waals surface area contributed by atoms with Crippen LogP contribution in [0.4, 0.5) is 0 Å². The summed E-state index contributed by atoms with van der Waals surface area (Å²) < 4.78 is 2.65. The normalized spacial score (nSPS) is 10.6. The molecule has 0 amide bonds. The van der Waals surface area contributed by atoms with Crippen LogP contribution in [0.5, 0.6) is 0 Å². The maximum Gasteiger partial charge on any atom is 0.147 e. The number of aryl methyl sites for hydroxylation is 2. The zero-order valence-electron chi connectivity index (χ0n) is 8.61. The van der Waals surface area contributed by atoms with E-state index in [0.29, 0.717) is 0 Å². The summed E-state index contributed by atoms with van der Waals surface area (Å²) in [5.41, 5.74) is 1.13. The molecular formula is C10H11BrN4. The van der Waals surface area contributed by atoms with Crippen molar-refractivity contribution in [3.63, 3.8) is 0 Å². The first-order valence-electron chi connectivity index (χ1n) is 4.62. The van der Waals surface area contributed by atoms with Gasteiger partial charge in [-0.1, -0.05) is 6.07 Å². The molecular weight excluding hydrogens is 256 g/mol. The zero-order chi connectivity index (χ0) is 10.8. The van der Waals surface area contributed by atoms with Crippen molar-refractivity contribution in [3.05, 3.63) is 40.1 Å². The Morgan fingerprint density at radius 3 is 2.73 bits per heavy atom. The molecule has 0 spiro atoms. The molecule has 0 saturated heterocycles. The molecule has 0 bridgehead atoms. The van der Waals surface area contributed by atoms with Gasteiger partial charge in [0, 0.05) is 19.7 Å². The molecule has 2 rings (SSSR count). The lowest BCUT2D eigenvalue weighted by Gasteiger charge is -2.00. The highest BCUT2D eigenvalue weighted by molar-refractivity contribution is 9.10. The van der Waals surface area contributed by atoms with Crippen molar-refractivity contribution in [2.75, 3.05) is 0 Å². The minimum atomic E-state index is 0.762. The molecule has 2 aromatic rings. The molecule has 0 aliphatic rings.